The number of amides is 2. The maximum atomic E-state index is 11.7. The number of carboxylic acids is 1. The molecule has 0 aromatic heterocycles. The molecule has 16 heavy (non-hydrogen) atoms. The summed E-state index contributed by atoms with van der Waals surface area (Å²) in [6.45, 7) is -0.758. The van der Waals surface area contributed by atoms with Crippen LogP contribution in [-0.4, -0.2) is 29.2 Å². The van der Waals surface area contributed by atoms with Gasteiger partial charge in [0.1, 0.15) is 0 Å². The Morgan fingerprint density at radius 1 is 1.31 bits per heavy atom. The van der Waals surface area contributed by atoms with Crippen molar-refractivity contribution in [2.24, 2.45) is 0 Å². The SMILES string of the molecule is Nc1cccc2c1C(=O)N(CC(=O)[O-])C2=O. The van der Waals surface area contributed by atoms with Gasteiger partial charge in [-0.25, -0.2) is 0 Å². The lowest BCUT2D eigenvalue weighted by molar-refractivity contribution is -0.305. The Morgan fingerprint density at radius 3 is 2.56 bits per heavy atom. The van der Waals surface area contributed by atoms with E-state index in [4.69, 9.17) is 5.73 Å². The summed E-state index contributed by atoms with van der Waals surface area (Å²) in [5, 5.41) is 10.4. The summed E-state index contributed by atoms with van der Waals surface area (Å²) in [6, 6.07) is 4.44. The molecular formula is C10H7N2O4-. The third kappa shape index (κ3) is 1.31. The summed E-state index contributed by atoms with van der Waals surface area (Å²) in [7, 11) is 0. The van der Waals surface area contributed by atoms with Crippen LogP contribution in [0.4, 0.5) is 5.69 Å². The first kappa shape index (κ1) is 10.2. The van der Waals surface area contributed by atoms with E-state index in [1.807, 2.05) is 0 Å². The number of aliphatic carboxylic acids is 1. The number of nitrogen functional groups attached to an aromatic ring is 1. The van der Waals surface area contributed by atoms with Gasteiger partial charge in [0.05, 0.1) is 23.6 Å². The number of fused-ring (bicyclic) bond motifs is 1. The molecule has 1 aromatic rings. The molecule has 1 heterocycles. The number of benzene rings is 1. The minimum absolute atomic E-state index is 0.0637. The van der Waals surface area contributed by atoms with Crippen LogP contribution in [0, 0.1) is 0 Å². The van der Waals surface area contributed by atoms with Crippen molar-refractivity contribution in [3.8, 4) is 0 Å². The Bertz CT molecular complexity index is 510. The molecule has 2 N–H and O–H groups in total. The zero-order chi connectivity index (χ0) is 11.9. The van der Waals surface area contributed by atoms with Gasteiger partial charge in [0.15, 0.2) is 0 Å². The van der Waals surface area contributed by atoms with Gasteiger partial charge in [0.2, 0.25) is 0 Å². The molecule has 2 amide bonds. The molecule has 0 saturated carbocycles. The number of hydrogen-bond acceptors (Lipinski definition) is 5. The molecule has 0 aliphatic carbocycles. The number of anilines is 1. The van der Waals surface area contributed by atoms with E-state index in [0.29, 0.717) is 4.90 Å². The lowest BCUT2D eigenvalue weighted by atomic mass is 10.1. The number of rotatable bonds is 2. The minimum Gasteiger partial charge on any atom is -0.548 e. The topological polar surface area (TPSA) is 104 Å². The first-order valence-electron chi connectivity index (χ1n) is 4.47. The van der Waals surface area contributed by atoms with Crippen LogP contribution in [0.3, 0.4) is 0 Å². The van der Waals surface area contributed by atoms with Crippen LogP contribution in [0.1, 0.15) is 20.7 Å². The zero-order valence-corrected chi connectivity index (χ0v) is 8.10. The third-order valence-electron chi connectivity index (χ3n) is 2.32. The quantitative estimate of drug-likeness (QED) is 0.487. The first-order chi connectivity index (χ1) is 7.52. The molecule has 0 unspecified atom stereocenters. The lowest BCUT2D eigenvalue weighted by Crippen LogP contribution is -2.41. The number of carbonyl (C=O) groups excluding carboxylic acids is 3. The standard InChI is InChI=1S/C10H8N2O4/c11-6-3-1-2-5-8(6)10(16)12(9(5)15)4-7(13)14/h1-3H,4,11H2,(H,13,14)/p-1. The normalized spacial score (nSPS) is 14.1. The van der Waals surface area contributed by atoms with E-state index in [0.717, 1.165) is 0 Å². The summed E-state index contributed by atoms with van der Waals surface area (Å²) in [4.78, 5) is 34.4. The molecule has 1 aromatic carbocycles. The highest BCUT2D eigenvalue weighted by Crippen LogP contribution is 2.26. The van der Waals surface area contributed by atoms with Crippen LogP contribution < -0.4 is 10.8 Å². The van der Waals surface area contributed by atoms with Crippen LogP contribution in [-0.2, 0) is 4.79 Å². The van der Waals surface area contributed by atoms with Crippen molar-refractivity contribution in [2.75, 3.05) is 12.3 Å². The molecule has 1 aliphatic rings. The van der Waals surface area contributed by atoms with Crippen LogP contribution in [0.2, 0.25) is 0 Å². The van der Waals surface area contributed by atoms with Crippen LogP contribution in [0.15, 0.2) is 18.2 Å². The lowest BCUT2D eigenvalue weighted by Gasteiger charge is -2.13. The smallest absolute Gasteiger partial charge is 0.263 e. The molecule has 0 atom stereocenters. The molecule has 0 fully saturated rings. The van der Waals surface area contributed by atoms with E-state index in [-0.39, 0.29) is 16.8 Å². The maximum Gasteiger partial charge on any atom is 0.263 e. The van der Waals surface area contributed by atoms with Gasteiger partial charge in [-0.2, -0.15) is 0 Å². The van der Waals surface area contributed by atoms with E-state index < -0.39 is 24.3 Å². The highest BCUT2D eigenvalue weighted by molar-refractivity contribution is 6.24. The second-order valence-electron chi connectivity index (χ2n) is 3.34. The predicted octanol–water partition coefficient (Wildman–Crippen LogP) is -1.39. The number of nitrogens with zero attached hydrogens (tertiary/aromatic N) is 1. The van der Waals surface area contributed by atoms with Gasteiger partial charge in [-0.3, -0.25) is 14.5 Å². The van der Waals surface area contributed by atoms with Crippen molar-refractivity contribution in [1.29, 1.82) is 0 Å². The van der Waals surface area contributed by atoms with E-state index >= 15 is 0 Å². The van der Waals surface area contributed by atoms with Crippen molar-refractivity contribution in [2.45, 2.75) is 0 Å². The Labute approximate surface area is 90.3 Å². The number of hydrogen-bond donors (Lipinski definition) is 1. The summed E-state index contributed by atoms with van der Waals surface area (Å²) >= 11 is 0. The van der Waals surface area contributed by atoms with Gasteiger partial charge < -0.3 is 15.6 Å². The van der Waals surface area contributed by atoms with Crippen LogP contribution in [0.25, 0.3) is 0 Å². The molecule has 0 spiro atoms. The van der Waals surface area contributed by atoms with Gasteiger partial charge in [-0.05, 0) is 12.1 Å². The van der Waals surface area contributed by atoms with Gasteiger partial charge in [0, 0.05) is 5.69 Å². The van der Waals surface area contributed by atoms with Crippen molar-refractivity contribution in [1.82, 2.24) is 4.90 Å². The molecule has 1 aliphatic heterocycles. The summed E-state index contributed by atoms with van der Waals surface area (Å²) < 4.78 is 0. The Kier molecular flexibility index (Phi) is 2.12. The molecule has 0 radical (unpaired) electrons. The highest BCUT2D eigenvalue weighted by Gasteiger charge is 2.36. The fourth-order valence-electron chi connectivity index (χ4n) is 1.63. The third-order valence-corrected chi connectivity index (χ3v) is 2.32. The van der Waals surface area contributed by atoms with E-state index in [9.17, 15) is 19.5 Å². The number of imide groups is 1. The average Bonchev–Trinajstić information content (AvgIpc) is 2.44. The average molecular weight is 219 g/mol. The maximum absolute atomic E-state index is 11.7. The van der Waals surface area contributed by atoms with Gasteiger partial charge in [0.25, 0.3) is 11.8 Å². The Balaban J connectivity index is 2.48. The predicted molar refractivity (Wildman–Crippen MR) is 51.2 cm³/mol. The van der Waals surface area contributed by atoms with Crippen molar-refractivity contribution in [3.63, 3.8) is 0 Å². The van der Waals surface area contributed by atoms with E-state index in [1.165, 1.54) is 18.2 Å². The van der Waals surface area contributed by atoms with E-state index in [1.54, 1.807) is 0 Å². The minimum atomic E-state index is -1.49. The van der Waals surface area contributed by atoms with Crippen LogP contribution in [0.5, 0.6) is 0 Å². The molecule has 6 nitrogen and oxygen atoms in total. The molecule has 2 rings (SSSR count). The Hall–Kier alpha value is -2.37. The monoisotopic (exact) mass is 219 g/mol. The molecular weight excluding hydrogens is 212 g/mol. The summed E-state index contributed by atoms with van der Waals surface area (Å²) in [6.07, 6.45) is 0. The zero-order valence-electron chi connectivity index (χ0n) is 8.10. The molecule has 6 heteroatoms. The van der Waals surface area contributed by atoms with Crippen molar-refractivity contribution >= 4 is 23.5 Å². The molecule has 0 bridgehead atoms. The van der Waals surface area contributed by atoms with Crippen molar-refractivity contribution in [3.05, 3.63) is 29.3 Å². The second-order valence-corrected chi connectivity index (χ2v) is 3.34. The largest absolute Gasteiger partial charge is 0.548 e. The summed E-state index contributed by atoms with van der Waals surface area (Å²) in [5.74, 6) is -2.84. The van der Waals surface area contributed by atoms with Crippen LogP contribution >= 0.6 is 0 Å². The fourth-order valence-corrected chi connectivity index (χ4v) is 1.63. The van der Waals surface area contributed by atoms with Gasteiger partial charge in [-0.15, -0.1) is 0 Å². The summed E-state index contributed by atoms with van der Waals surface area (Å²) in [5.41, 5.74) is 5.91. The second kappa shape index (κ2) is 3.34. The number of nitrogens with two attached hydrogens (primary N) is 1. The fraction of sp³-hybridized carbons (Fsp3) is 0.100. The van der Waals surface area contributed by atoms with Gasteiger partial charge >= 0.3 is 0 Å². The molecule has 0 saturated heterocycles. The van der Waals surface area contributed by atoms with E-state index in [2.05, 4.69) is 0 Å². The van der Waals surface area contributed by atoms with Gasteiger partial charge in [-0.1, -0.05) is 6.07 Å². The van der Waals surface area contributed by atoms with Crippen molar-refractivity contribution < 1.29 is 19.5 Å². The Morgan fingerprint density at radius 2 is 2.00 bits per heavy atom. The number of carboxylic acid groups (broad SMARTS) is 1. The first-order valence-corrected chi connectivity index (χ1v) is 4.47. The highest BCUT2D eigenvalue weighted by atomic mass is 16.4. The molecule has 82 valence electrons. The number of carbonyl (C=O) groups is 3.